The lowest BCUT2D eigenvalue weighted by molar-refractivity contribution is -0.132. The van der Waals surface area contributed by atoms with Gasteiger partial charge in [-0.1, -0.05) is 31.7 Å². The molecule has 2 heterocycles. The summed E-state index contributed by atoms with van der Waals surface area (Å²) in [7, 11) is 0. The maximum atomic E-state index is 12.7. The van der Waals surface area contributed by atoms with Crippen molar-refractivity contribution in [2.75, 3.05) is 6.54 Å². The molecule has 5 heteroatoms. The van der Waals surface area contributed by atoms with E-state index >= 15 is 0 Å². The van der Waals surface area contributed by atoms with Crippen LogP contribution in [0, 0.1) is 5.92 Å². The van der Waals surface area contributed by atoms with Gasteiger partial charge in [0.1, 0.15) is 0 Å². The minimum absolute atomic E-state index is 0.0427. The van der Waals surface area contributed by atoms with Gasteiger partial charge < -0.3 is 10.2 Å². The van der Waals surface area contributed by atoms with Gasteiger partial charge in [-0.3, -0.25) is 14.6 Å². The van der Waals surface area contributed by atoms with E-state index in [1.165, 1.54) is 32.6 Å². The summed E-state index contributed by atoms with van der Waals surface area (Å²) < 4.78 is 0. The zero-order valence-electron chi connectivity index (χ0n) is 15.2. The normalized spacial score (nSPS) is 20.8. The first-order valence-corrected chi connectivity index (χ1v) is 9.62. The van der Waals surface area contributed by atoms with Gasteiger partial charge in [0, 0.05) is 32.6 Å². The second-order valence-electron chi connectivity index (χ2n) is 7.44. The van der Waals surface area contributed by atoms with Crippen LogP contribution in [0.4, 0.5) is 0 Å². The van der Waals surface area contributed by atoms with Crippen LogP contribution in [0.15, 0.2) is 18.3 Å². The fourth-order valence-electron chi connectivity index (χ4n) is 4.11. The van der Waals surface area contributed by atoms with E-state index in [2.05, 4.69) is 10.3 Å². The number of nitrogens with one attached hydrogen (secondary N) is 1. The van der Waals surface area contributed by atoms with Crippen LogP contribution in [0.25, 0.3) is 0 Å². The Morgan fingerprint density at radius 2 is 2.00 bits per heavy atom. The van der Waals surface area contributed by atoms with Crippen molar-refractivity contribution in [1.29, 1.82) is 0 Å². The number of carbonyl (C=O) groups is 2. The van der Waals surface area contributed by atoms with Crippen molar-refractivity contribution >= 4 is 11.8 Å². The summed E-state index contributed by atoms with van der Waals surface area (Å²) in [6.07, 6.45) is 10.8. The number of hydrogen-bond donors (Lipinski definition) is 1. The van der Waals surface area contributed by atoms with E-state index < -0.39 is 0 Å². The highest BCUT2D eigenvalue weighted by Gasteiger charge is 2.31. The minimum Gasteiger partial charge on any atom is -0.352 e. The second kappa shape index (κ2) is 8.45. The van der Waals surface area contributed by atoms with Gasteiger partial charge in [-0.15, -0.1) is 0 Å². The number of amides is 2. The molecular weight excluding hydrogens is 314 g/mol. The highest BCUT2D eigenvalue weighted by Crippen LogP contribution is 2.33. The Morgan fingerprint density at radius 3 is 2.68 bits per heavy atom. The van der Waals surface area contributed by atoms with Gasteiger partial charge >= 0.3 is 0 Å². The minimum atomic E-state index is -0.0427. The largest absolute Gasteiger partial charge is 0.352 e. The first-order chi connectivity index (χ1) is 12.1. The maximum absolute atomic E-state index is 12.7. The number of aromatic nitrogens is 1. The standard InChI is InChI=1S/C20H29N3O2/c1-15(24)21-13-17-8-10-18(22-14-17)19-7-4-12-23(19)20(25)11-9-16-5-2-3-6-16/h8,10,14,16,19H,2-7,9,11-13H2,1H3,(H,21,24)/t19-/m1/s1. The van der Waals surface area contributed by atoms with Gasteiger partial charge in [0.05, 0.1) is 11.7 Å². The monoisotopic (exact) mass is 343 g/mol. The molecule has 0 aromatic carbocycles. The van der Waals surface area contributed by atoms with Gasteiger partial charge in [-0.25, -0.2) is 0 Å². The Bertz CT molecular complexity index is 593. The quantitative estimate of drug-likeness (QED) is 0.861. The van der Waals surface area contributed by atoms with Crippen LogP contribution in [-0.2, 0) is 16.1 Å². The molecule has 2 fully saturated rings. The van der Waals surface area contributed by atoms with Crippen molar-refractivity contribution in [2.45, 2.75) is 70.9 Å². The number of carbonyl (C=O) groups excluding carboxylic acids is 2. The predicted molar refractivity (Wildman–Crippen MR) is 96.6 cm³/mol. The Hall–Kier alpha value is -1.91. The molecule has 1 saturated heterocycles. The molecule has 2 aliphatic rings. The van der Waals surface area contributed by atoms with Gasteiger partial charge in [0.15, 0.2) is 0 Å². The Labute approximate surface area is 150 Å². The third kappa shape index (κ3) is 4.80. The van der Waals surface area contributed by atoms with Crippen LogP contribution < -0.4 is 5.32 Å². The highest BCUT2D eigenvalue weighted by atomic mass is 16.2. The summed E-state index contributed by atoms with van der Waals surface area (Å²) in [5.41, 5.74) is 1.95. The summed E-state index contributed by atoms with van der Waals surface area (Å²) in [6.45, 7) is 2.86. The number of hydrogen-bond acceptors (Lipinski definition) is 3. The van der Waals surface area contributed by atoms with E-state index in [-0.39, 0.29) is 11.9 Å². The molecule has 1 N–H and O–H groups in total. The molecule has 136 valence electrons. The maximum Gasteiger partial charge on any atom is 0.223 e. The van der Waals surface area contributed by atoms with Crippen LogP contribution in [0.3, 0.4) is 0 Å². The van der Waals surface area contributed by atoms with Gasteiger partial charge in [-0.2, -0.15) is 0 Å². The topological polar surface area (TPSA) is 62.3 Å². The van der Waals surface area contributed by atoms with E-state index in [0.717, 1.165) is 43.0 Å². The zero-order chi connectivity index (χ0) is 17.6. The number of nitrogens with zero attached hydrogens (tertiary/aromatic N) is 2. The molecular formula is C20H29N3O2. The van der Waals surface area contributed by atoms with Crippen molar-refractivity contribution in [3.05, 3.63) is 29.6 Å². The molecule has 0 unspecified atom stereocenters. The number of pyridine rings is 1. The van der Waals surface area contributed by atoms with Crippen molar-refractivity contribution in [1.82, 2.24) is 15.2 Å². The van der Waals surface area contributed by atoms with E-state index in [4.69, 9.17) is 0 Å². The lowest BCUT2D eigenvalue weighted by Crippen LogP contribution is -2.31. The smallest absolute Gasteiger partial charge is 0.223 e. The Balaban J connectivity index is 1.56. The lowest BCUT2D eigenvalue weighted by atomic mass is 10.0. The SMILES string of the molecule is CC(=O)NCc1ccc([C@H]2CCCN2C(=O)CCC2CCCC2)nc1. The molecule has 1 aromatic rings. The molecule has 1 aromatic heterocycles. The average molecular weight is 343 g/mol. The summed E-state index contributed by atoms with van der Waals surface area (Å²) >= 11 is 0. The van der Waals surface area contributed by atoms with Gasteiger partial charge in [0.2, 0.25) is 11.8 Å². The van der Waals surface area contributed by atoms with Crippen LogP contribution in [0.2, 0.25) is 0 Å². The van der Waals surface area contributed by atoms with E-state index in [1.807, 2.05) is 23.2 Å². The molecule has 5 nitrogen and oxygen atoms in total. The van der Waals surface area contributed by atoms with Crippen molar-refractivity contribution < 1.29 is 9.59 Å². The van der Waals surface area contributed by atoms with E-state index in [9.17, 15) is 9.59 Å². The van der Waals surface area contributed by atoms with Crippen LogP contribution in [0.5, 0.6) is 0 Å². The van der Waals surface area contributed by atoms with E-state index in [1.54, 1.807) is 0 Å². The molecule has 2 amide bonds. The van der Waals surface area contributed by atoms with Crippen molar-refractivity contribution in [3.63, 3.8) is 0 Å². The molecule has 1 atom stereocenters. The molecule has 0 bridgehead atoms. The lowest BCUT2D eigenvalue weighted by Gasteiger charge is -2.25. The molecule has 25 heavy (non-hydrogen) atoms. The first-order valence-electron chi connectivity index (χ1n) is 9.62. The van der Waals surface area contributed by atoms with Crippen LogP contribution in [0.1, 0.15) is 75.6 Å². The molecule has 1 saturated carbocycles. The Kier molecular flexibility index (Phi) is 6.05. The molecule has 1 aliphatic carbocycles. The molecule has 1 aliphatic heterocycles. The Morgan fingerprint density at radius 1 is 1.20 bits per heavy atom. The predicted octanol–water partition coefficient (Wildman–Crippen LogP) is 3.35. The van der Waals surface area contributed by atoms with Crippen LogP contribution in [-0.4, -0.2) is 28.2 Å². The van der Waals surface area contributed by atoms with Crippen molar-refractivity contribution in [3.8, 4) is 0 Å². The van der Waals surface area contributed by atoms with Gasteiger partial charge in [0.25, 0.3) is 0 Å². The fourth-order valence-corrected chi connectivity index (χ4v) is 4.11. The zero-order valence-corrected chi connectivity index (χ0v) is 15.2. The summed E-state index contributed by atoms with van der Waals surface area (Å²) in [4.78, 5) is 30.3. The third-order valence-electron chi connectivity index (χ3n) is 5.54. The second-order valence-corrected chi connectivity index (χ2v) is 7.44. The van der Waals surface area contributed by atoms with Crippen molar-refractivity contribution in [2.24, 2.45) is 5.92 Å². The average Bonchev–Trinajstić information content (AvgIpc) is 3.30. The van der Waals surface area contributed by atoms with Gasteiger partial charge in [-0.05, 0) is 36.8 Å². The first kappa shape index (κ1) is 17.9. The summed E-state index contributed by atoms with van der Waals surface area (Å²) in [5, 5.41) is 2.78. The van der Waals surface area contributed by atoms with Crippen LogP contribution >= 0.6 is 0 Å². The summed E-state index contributed by atoms with van der Waals surface area (Å²) in [6, 6.07) is 4.12. The highest BCUT2D eigenvalue weighted by molar-refractivity contribution is 5.77. The molecule has 0 radical (unpaired) electrons. The van der Waals surface area contributed by atoms with E-state index in [0.29, 0.717) is 18.9 Å². The third-order valence-corrected chi connectivity index (χ3v) is 5.54. The number of likely N-dealkylation sites (tertiary alicyclic amines) is 1. The summed E-state index contributed by atoms with van der Waals surface area (Å²) in [5.74, 6) is 1.01. The molecule has 0 spiro atoms. The number of rotatable bonds is 6. The fraction of sp³-hybridized carbons (Fsp3) is 0.650. The molecule has 3 rings (SSSR count).